The molecule has 3 aromatic heterocycles. The molecule has 0 unspecified atom stereocenters. The molecule has 19 nitrogen and oxygen atoms in total. The van der Waals surface area contributed by atoms with E-state index in [9.17, 15) is 24.0 Å². The Morgan fingerprint density at radius 2 is 1.73 bits per heavy atom. The van der Waals surface area contributed by atoms with Crippen molar-refractivity contribution in [3.63, 3.8) is 0 Å². The van der Waals surface area contributed by atoms with E-state index >= 15 is 4.39 Å². The SMILES string of the molecule is CO/N=C(\C(=O)N[C@@H]1C(=O)N2C(C(=O)OCc3ccc(OC)cc3)=C(C[n+]3cccc4c3ccn4Cc3c(F)cc(C(N)=NC(=O)OC(C)(C)C)cc3Cl)CS[C@H]12)c1nc(NC(=O)OC(C)(C)C)sc1Cl. The van der Waals surface area contributed by atoms with Gasteiger partial charge in [-0.3, -0.25) is 19.8 Å². The van der Waals surface area contributed by atoms with E-state index in [1.807, 2.05) is 22.9 Å². The molecule has 374 valence electrons. The Hall–Kier alpha value is -6.75. The Bertz CT molecular complexity index is 3000. The average Bonchev–Trinajstić information content (AvgIpc) is 3.88. The van der Waals surface area contributed by atoms with Crippen molar-refractivity contribution in [3.8, 4) is 5.75 Å². The third-order valence-electron chi connectivity index (χ3n) is 10.4. The van der Waals surface area contributed by atoms with Crippen LogP contribution in [0.4, 0.5) is 19.1 Å². The summed E-state index contributed by atoms with van der Waals surface area (Å²) >= 11 is 15.3. The van der Waals surface area contributed by atoms with E-state index in [0.717, 1.165) is 17.4 Å². The van der Waals surface area contributed by atoms with E-state index in [4.69, 9.17) is 52.7 Å². The number of thioether (sulfide) groups is 1. The zero-order chi connectivity index (χ0) is 51.5. The second kappa shape index (κ2) is 21.3. The number of rotatable bonds is 14. The molecule has 2 aliphatic rings. The lowest BCUT2D eigenvalue weighted by atomic mass is 10.0. The maximum absolute atomic E-state index is 15.8. The molecule has 2 atom stereocenters. The summed E-state index contributed by atoms with van der Waals surface area (Å²) in [6, 6.07) is 13.8. The quantitative estimate of drug-likeness (QED) is 0.0188. The van der Waals surface area contributed by atoms with Crippen molar-refractivity contribution >= 4 is 104 Å². The van der Waals surface area contributed by atoms with Crippen molar-refractivity contribution in [3.05, 3.63) is 116 Å². The minimum absolute atomic E-state index is 0.00706. The number of methoxy groups -OCH3 is 1. The molecule has 0 saturated carbocycles. The van der Waals surface area contributed by atoms with Gasteiger partial charge in [-0.1, -0.05) is 51.8 Å². The van der Waals surface area contributed by atoms with Gasteiger partial charge in [0, 0.05) is 45.8 Å². The molecule has 4 N–H and O–H groups in total. The van der Waals surface area contributed by atoms with E-state index in [2.05, 4.69) is 25.8 Å². The van der Waals surface area contributed by atoms with E-state index < -0.39 is 58.4 Å². The number of hydrogen-bond acceptors (Lipinski definition) is 14. The Morgan fingerprint density at radius 1 is 1.01 bits per heavy atom. The number of esters is 1. The molecule has 2 aromatic carbocycles. The fourth-order valence-corrected chi connectivity index (χ4v) is 9.97. The molecular formula is C47H49Cl2FN9O10S2+. The number of anilines is 1. The highest BCUT2D eigenvalue weighted by atomic mass is 35.5. The average molecular weight is 1050 g/mol. The first-order valence-electron chi connectivity index (χ1n) is 21.6. The number of amidine groups is 1. The largest absolute Gasteiger partial charge is 0.497 e. The van der Waals surface area contributed by atoms with Gasteiger partial charge >= 0.3 is 18.2 Å². The van der Waals surface area contributed by atoms with Crippen LogP contribution >= 0.6 is 46.3 Å². The number of hydrogen-bond donors (Lipinski definition) is 3. The van der Waals surface area contributed by atoms with Crippen LogP contribution in [0, 0.1) is 5.82 Å². The Balaban J connectivity index is 1.14. The first-order chi connectivity index (χ1) is 33.5. The minimum Gasteiger partial charge on any atom is -0.497 e. The fourth-order valence-electron chi connectivity index (χ4n) is 7.33. The Labute approximate surface area is 425 Å². The van der Waals surface area contributed by atoms with Gasteiger partial charge in [0.15, 0.2) is 23.6 Å². The van der Waals surface area contributed by atoms with Gasteiger partial charge in [-0.2, -0.15) is 9.56 Å². The number of benzene rings is 2. The molecule has 24 heteroatoms. The number of halogens is 3. The van der Waals surface area contributed by atoms with Crippen molar-refractivity contribution in [1.82, 2.24) is 19.8 Å². The smallest absolute Gasteiger partial charge is 0.436 e. The summed E-state index contributed by atoms with van der Waals surface area (Å²) in [4.78, 5) is 81.2. The van der Waals surface area contributed by atoms with Crippen LogP contribution in [0.15, 0.2) is 88.4 Å². The molecule has 0 aliphatic carbocycles. The van der Waals surface area contributed by atoms with Crippen molar-refractivity contribution in [1.29, 1.82) is 0 Å². The summed E-state index contributed by atoms with van der Waals surface area (Å²) in [5, 5.41) is 8.35. The van der Waals surface area contributed by atoms with E-state index in [1.165, 1.54) is 36.9 Å². The van der Waals surface area contributed by atoms with E-state index in [-0.39, 0.29) is 74.0 Å². The highest BCUT2D eigenvalue weighted by Gasteiger charge is 2.55. The number of aromatic nitrogens is 3. The number of fused-ring (bicyclic) bond motifs is 2. The molecule has 71 heavy (non-hydrogen) atoms. The first-order valence-corrected chi connectivity index (χ1v) is 24.2. The lowest BCUT2D eigenvalue weighted by Crippen LogP contribution is -2.71. The molecule has 1 fully saturated rings. The third-order valence-corrected chi connectivity index (χ3v) is 13.3. The summed E-state index contributed by atoms with van der Waals surface area (Å²) in [7, 11) is 2.75. The molecule has 5 heterocycles. The van der Waals surface area contributed by atoms with E-state index in [0.29, 0.717) is 27.9 Å². The van der Waals surface area contributed by atoms with Crippen LogP contribution in [0.5, 0.6) is 5.75 Å². The molecule has 0 radical (unpaired) electrons. The Morgan fingerprint density at radius 3 is 2.39 bits per heavy atom. The van der Waals surface area contributed by atoms with Crippen molar-refractivity contribution < 1.29 is 56.7 Å². The number of amides is 4. The Kier molecular flexibility index (Phi) is 15.6. The number of β-lactam (4-membered cyclic amide) rings is 1. The summed E-state index contributed by atoms with van der Waals surface area (Å²) in [6.07, 6.45) is 1.84. The molecular weight excluding hydrogens is 1000 g/mol. The molecule has 0 bridgehead atoms. The lowest BCUT2D eigenvalue weighted by Gasteiger charge is -2.49. The molecule has 5 aromatic rings. The van der Waals surface area contributed by atoms with Crippen LogP contribution < -0.4 is 25.7 Å². The number of nitrogens with two attached hydrogens (primary N) is 1. The van der Waals surface area contributed by atoms with Crippen LogP contribution in [0.2, 0.25) is 9.36 Å². The van der Waals surface area contributed by atoms with Crippen LogP contribution in [-0.4, -0.2) is 98.6 Å². The minimum atomic E-state index is -1.13. The van der Waals surface area contributed by atoms with Gasteiger partial charge in [-0.25, -0.2) is 23.8 Å². The van der Waals surface area contributed by atoms with Gasteiger partial charge in [0.1, 0.15) is 75.0 Å². The number of carbonyl (C=O) groups is 5. The summed E-state index contributed by atoms with van der Waals surface area (Å²) in [5.74, 6) is -2.32. The summed E-state index contributed by atoms with van der Waals surface area (Å²) in [6.45, 7) is 10.1. The zero-order valence-corrected chi connectivity index (χ0v) is 42.8. The highest BCUT2D eigenvalue weighted by Crippen LogP contribution is 2.41. The standard InChI is InChI=1S/C47H48Cl2FN9O10S2/c1-46(2,3)68-44(63)54-38(51)25-18-29(48)28(30(50)19-25)21-58-17-15-32-31(58)10-9-16-57(32)20-26-23-70-41-35(40(61)59(41)36(26)42(62)67-22-24-11-13-27(65-7)14-12-24)52-39(60)34(56-66-8)33-37(49)71-43(53-33)55-45(64)69-47(4,5)6/h9-19,35,41H,20-23H2,1-8H3,(H3-,51,52,53,54,55,60,63,64)/p+1/b56-34-/t35-,41-/m1/s1. The molecule has 4 amide bonds. The summed E-state index contributed by atoms with van der Waals surface area (Å²) < 4.78 is 41.0. The highest BCUT2D eigenvalue weighted by molar-refractivity contribution is 8.00. The first kappa shape index (κ1) is 52.1. The maximum atomic E-state index is 15.8. The van der Waals surface area contributed by atoms with Crippen LogP contribution in [0.25, 0.3) is 11.0 Å². The number of ether oxygens (including phenoxy) is 4. The second-order valence-corrected chi connectivity index (χ2v) is 21.0. The normalized spacial score (nSPS) is 16.3. The topological polar surface area (TPSA) is 231 Å². The number of carbonyl (C=O) groups excluding carboxylic acids is 5. The van der Waals surface area contributed by atoms with Gasteiger partial charge in [0.25, 0.3) is 11.8 Å². The second-order valence-electron chi connectivity index (χ2n) is 17.9. The molecule has 2 aliphatic heterocycles. The lowest BCUT2D eigenvalue weighted by molar-refractivity contribution is -0.663. The third kappa shape index (κ3) is 12.2. The number of aliphatic imine (C=N–C) groups is 1. The fraction of sp³-hybridized carbons (Fsp3) is 0.340. The van der Waals surface area contributed by atoms with Crippen molar-refractivity contribution in [2.75, 3.05) is 25.3 Å². The van der Waals surface area contributed by atoms with E-state index in [1.54, 1.807) is 82.6 Å². The number of thiazole rings is 1. The van der Waals surface area contributed by atoms with Gasteiger partial charge in [0.05, 0.1) is 13.7 Å². The van der Waals surface area contributed by atoms with Gasteiger partial charge in [0.2, 0.25) is 5.52 Å². The number of oxime groups is 1. The number of nitrogens with zero attached hydrogens (tertiary/aromatic N) is 6. The molecule has 0 spiro atoms. The van der Waals surface area contributed by atoms with Crippen molar-refractivity contribution in [2.24, 2.45) is 15.9 Å². The van der Waals surface area contributed by atoms with Crippen LogP contribution in [0.1, 0.15) is 63.9 Å². The number of nitrogens with one attached hydrogen (secondary N) is 2. The van der Waals surface area contributed by atoms with Gasteiger partial charge < -0.3 is 39.4 Å². The molecule has 1 saturated heterocycles. The van der Waals surface area contributed by atoms with Gasteiger partial charge in [-0.15, -0.1) is 11.8 Å². The zero-order valence-electron chi connectivity index (χ0n) is 39.6. The van der Waals surface area contributed by atoms with Crippen molar-refractivity contribution in [2.45, 2.75) is 83.9 Å². The van der Waals surface area contributed by atoms with Crippen LogP contribution in [-0.2, 0) is 53.1 Å². The predicted octanol–water partition coefficient (Wildman–Crippen LogP) is 7.32. The predicted molar refractivity (Wildman–Crippen MR) is 265 cm³/mol. The summed E-state index contributed by atoms with van der Waals surface area (Å²) in [5.41, 5.74) is 6.79. The molecule has 7 rings (SSSR count). The number of pyridine rings is 1. The van der Waals surface area contributed by atoms with Gasteiger partial charge in [-0.05, 0) is 77.4 Å². The monoisotopic (exact) mass is 1050 g/mol. The van der Waals surface area contributed by atoms with Crippen LogP contribution in [0.3, 0.4) is 0 Å². The maximum Gasteiger partial charge on any atom is 0.436 e.